The molecule has 0 fully saturated rings. The number of carbonyl (C=O) groups excluding carboxylic acids is 1. The summed E-state index contributed by atoms with van der Waals surface area (Å²) in [4.78, 5) is 15.7. The molecule has 0 saturated heterocycles. The fraction of sp³-hybridized carbons (Fsp3) is 0.455. The minimum Gasteiger partial charge on any atom is -0.349 e. The molecule has 0 atom stereocenters. The van der Waals surface area contributed by atoms with Gasteiger partial charge >= 0.3 is 0 Å². The smallest absolute Gasteiger partial charge is 0.269 e. The van der Waals surface area contributed by atoms with Crippen LogP contribution in [-0.2, 0) is 0 Å². The van der Waals surface area contributed by atoms with Crippen molar-refractivity contribution in [3.63, 3.8) is 0 Å². The summed E-state index contributed by atoms with van der Waals surface area (Å²) >= 11 is 0. The zero-order valence-electron chi connectivity index (χ0n) is 9.37. The van der Waals surface area contributed by atoms with Gasteiger partial charge in [0.25, 0.3) is 5.91 Å². The first-order chi connectivity index (χ1) is 6.88. The number of hydrogen-bond donors (Lipinski definition) is 2. The predicted octanol–water partition coefficient (Wildman–Crippen LogP) is 0.857. The standard InChI is InChI=1S/C11H17N3O/c1-8-5-4-6-9(14-8)10(15)13-7-11(2,3)12/h4-6H,7,12H2,1-3H3,(H,13,15). The molecule has 1 amide bonds. The number of aryl methyl sites for hydroxylation is 1. The quantitative estimate of drug-likeness (QED) is 0.772. The van der Waals surface area contributed by atoms with Crippen molar-refractivity contribution in [1.82, 2.24) is 10.3 Å². The highest BCUT2D eigenvalue weighted by Crippen LogP contribution is 1.99. The van der Waals surface area contributed by atoms with Crippen molar-refractivity contribution in [2.24, 2.45) is 5.73 Å². The van der Waals surface area contributed by atoms with Crippen LogP contribution >= 0.6 is 0 Å². The van der Waals surface area contributed by atoms with Gasteiger partial charge in [-0.2, -0.15) is 0 Å². The maximum Gasteiger partial charge on any atom is 0.269 e. The Morgan fingerprint density at radius 1 is 1.53 bits per heavy atom. The van der Waals surface area contributed by atoms with Gasteiger partial charge in [0.05, 0.1) is 0 Å². The van der Waals surface area contributed by atoms with E-state index in [4.69, 9.17) is 5.73 Å². The molecule has 4 nitrogen and oxygen atoms in total. The SMILES string of the molecule is Cc1cccc(C(=O)NCC(C)(C)N)n1. The van der Waals surface area contributed by atoms with Gasteiger partial charge in [-0.3, -0.25) is 4.79 Å². The van der Waals surface area contributed by atoms with Crippen LogP contribution in [0.4, 0.5) is 0 Å². The van der Waals surface area contributed by atoms with Crippen LogP contribution < -0.4 is 11.1 Å². The maximum absolute atomic E-state index is 11.6. The van der Waals surface area contributed by atoms with Crippen molar-refractivity contribution >= 4 is 5.91 Å². The molecule has 0 aliphatic heterocycles. The van der Waals surface area contributed by atoms with Gasteiger partial charge < -0.3 is 11.1 Å². The van der Waals surface area contributed by atoms with E-state index in [0.717, 1.165) is 5.69 Å². The van der Waals surface area contributed by atoms with Gasteiger partial charge in [-0.25, -0.2) is 4.98 Å². The fourth-order valence-electron chi connectivity index (χ4n) is 1.07. The van der Waals surface area contributed by atoms with Crippen molar-refractivity contribution in [2.45, 2.75) is 26.3 Å². The third-order valence-corrected chi connectivity index (χ3v) is 1.83. The molecule has 0 aliphatic carbocycles. The number of aromatic nitrogens is 1. The zero-order valence-corrected chi connectivity index (χ0v) is 9.37. The Hall–Kier alpha value is -1.42. The lowest BCUT2D eigenvalue weighted by atomic mass is 10.1. The molecule has 0 aliphatic rings. The average Bonchev–Trinajstić information content (AvgIpc) is 2.13. The van der Waals surface area contributed by atoms with E-state index in [1.54, 1.807) is 6.07 Å². The summed E-state index contributed by atoms with van der Waals surface area (Å²) in [6.45, 7) is 6.00. The molecule has 82 valence electrons. The van der Waals surface area contributed by atoms with Crippen LogP contribution in [0.1, 0.15) is 30.0 Å². The first-order valence-corrected chi connectivity index (χ1v) is 4.89. The molecule has 0 saturated carbocycles. The van der Waals surface area contributed by atoms with E-state index in [2.05, 4.69) is 10.3 Å². The Morgan fingerprint density at radius 2 is 2.20 bits per heavy atom. The Bertz CT molecular complexity index is 355. The molecule has 0 bridgehead atoms. The van der Waals surface area contributed by atoms with E-state index < -0.39 is 5.54 Å². The third kappa shape index (κ3) is 4.08. The second-order valence-corrected chi connectivity index (χ2v) is 4.34. The lowest BCUT2D eigenvalue weighted by Gasteiger charge is -2.18. The lowest BCUT2D eigenvalue weighted by molar-refractivity contribution is 0.0941. The monoisotopic (exact) mass is 207 g/mol. The van der Waals surface area contributed by atoms with Crippen LogP contribution in [0.2, 0.25) is 0 Å². The minimum atomic E-state index is -0.403. The molecule has 4 heteroatoms. The average molecular weight is 207 g/mol. The maximum atomic E-state index is 11.6. The normalized spacial score (nSPS) is 11.2. The fourth-order valence-corrected chi connectivity index (χ4v) is 1.07. The number of rotatable bonds is 3. The van der Waals surface area contributed by atoms with E-state index in [0.29, 0.717) is 12.2 Å². The molecule has 0 radical (unpaired) electrons. The van der Waals surface area contributed by atoms with Crippen LogP contribution in [0.25, 0.3) is 0 Å². The predicted molar refractivity (Wildman–Crippen MR) is 59.6 cm³/mol. The largest absolute Gasteiger partial charge is 0.349 e. The lowest BCUT2D eigenvalue weighted by Crippen LogP contribution is -2.45. The number of nitrogens with one attached hydrogen (secondary N) is 1. The van der Waals surface area contributed by atoms with Crippen molar-refractivity contribution in [3.8, 4) is 0 Å². The Balaban J connectivity index is 2.62. The van der Waals surface area contributed by atoms with E-state index in [1.165, 1.54) is 0 Å². The molecule has 1 aromatic heterocycles. The van der Waals surface area contributed by atoms with Gasteiger partial charge in [-0.15, -0.1) is 0 Å². The van der Waals surface area contributed by atoms with Gasteiger partial charge in [0.2, 0.25) is 0 Å². The third-order valence-electron chi connectivity index (χ3n) is 1.83. The molecule has 3 N–H and O–H groups in total. The summed E-state index contributed by atoms with van der Waals surface area (Å²) in [5, 5.41) is 2.74. The van der Waals surface area contributed by atoms with Crippen molar-refractivity contribution in [1.29, 1.82) is 0 Å². The summed E-state index contributed by atoms with van der Waals surface area (Å²) in [6, 6.07) is 5.35. The Kier molecular flexibility index (Phi) is 3.42. The molecule has 0 aromatic carbocycles. The highest BCUT2D eigenvalue weighted by Gasteiger charge is 2.13. The van der Waals surface area contributed by atoms with Gasteiger partial charge in [-0.1, -0.05) is 6.07 Å². The summed E-state index contributed by atoms with van der Waals surface area (Å²) < 4.78 is 0. The number of nitrogens with two attached hydrogens (primary N) is 1. The summed E-state index contributed by atoms with van der Waals surface area (Å²) in [7, 11) is 0. The Morgan fingerprint density at radius 3 is 2.73 bits per heavy atom. The van der Waals surface area contributed by atoms with Crippen molar-refractivity contribution in [3.05, 3.63) is 29.6 Å². The molecular weight excluding hydrogens is 190 g/mol. The molecule has 1 aromatic rings. The molecule has 15 heavy (non-hydrogen) atoms. The topological polar surface area (TPSA) is 68.0 Å². The van der Waals surface area contributed by atoms with Crippen LogP contribution in [0, 0.1) is 6.92 Å². The first kappa shape index (κ1) is 11.7. The zero-order chi connectivity index (χ0) is 11.5. The van der Waals surface area contributed by atoms with Crippen LogP contribution in [0.3, 0.4) is 0 Å². The highest BCUT2D eigenvalue weighted by molar-refractivity contribution is 5.92. The molecular formula is C11H17N3O. The van der Waals surface area contributed by atoms with Gasteiger partial charge in [-0.05, 0) is 32.9 Å². The van der Waals surface area contributed by atoms with Gasteiger partial charge in [0, 0.05) is 17.8 Å². The summed E-state index contributed by atoms with van der Waals surface area (Å²) in [6.07, 6.45) is 0. The number of carbonyl (C=O) groups is 1. The van der Waals surface area contributed by atoms with E-state index >= 15 is 0 Å². The molecule has 0 unspecified atom stereocenters. The number of hydrogen-bond acceptors (Lipinski definition) is 3. The first-order valence-electron chi connectivity index (χ1n) is 4.89. The van der Waals surface area contributed by atoms with E-state index in [-0.39, 0.29) is 5.91 Å². The number of pyridine rings is 1. The second kappa shape index (κ2) is 4.40. The molecule has 1 heterocycles. The van der Waals surface area contributed by atoms with Crippen LogP contribution in [-0.4, -0.2) is 23.0 Å². The highest BCUT2D eigenvalue weighted by atomic mass is 16.1. The van der Waals surface area contributed by atoms with Crippen molar-refractivity contribution in [2.75, 3.05) is 6.54 Å². The summed E-state index contributed by atoms with van der Waals surface area (Å²) in [5.41, 5.74) is 6.61. The van der Waals surface area contributed by atoms with Crippen LogP contribution in [0.5, 0.6) is 0 Å². The van der Waals surface area contributed by atoms with Crippen LogP contribution in [0.15, 0.2) is 18.2 Å². The summed E-state index contributed by atoms with van der Waals surface area (Å²) in [5.74, 6) is -0.183. The second-order valence-electron chi connectivity index (χ2n) is 4.34. The van der Waals surface area contributed by atoms with E-state index in [9.17, 15) is 4.79 Å². The van der Waals surface area contributed by atoms with Gasteiger partial charge in [0.1, 0.15) is 5.69 Å². The number of amides is 1. The van der Waals surface area contributed by atoms with E-state index in [1.807, 2.05) is 32.9 Å². The number of nitrogens with zero attached hydrogens (tertiary/aromatic N) is 1. The molecule has 1 rings (SSSR count). The van der Waals surface area contributed by atoms with Crippen molar-refractivity contribution < 1.29 is 4.79 Å². The molecule has 0 spiro atoms. The van der Waals surface area contributed by atoms with Gasteiger partial charge in [0.15, 0.2) is 0 Å². The Labute approximate surface area is 89.9 Å². The minimum absolute atomic E-state index is 0.183.